The van der Waals surface area contributed by atoms with Crippen LogP contribution < -0.4 is 10.9 Å². The molecule has 22 heavy (non-hydrogen) atoms. The number of aromatic amines is 1. The summed E-state index contributed by atoms with van der Waals surface area (Å²) in [5.74, 6) is 1.33. The van der Waals surface area contributed by atoms with Crippen molar-refractivity contribution in [2.75, 3.05) is 5.32 Å². The van der Waals surface area contributed by atoms with Crippen molar-refractivity contribution in [3.63, 3.8) is 0 Å². The highest BCUT2D eigenvalue weighted by Gasteiger charge is 2.09. The van der Waals surface area contributed by atoms with Gasteiger partial charge in [-0.1, -0.05) is 6.92 Å². The molecule has 0 amide bonds. The van der Waals surface area contributed by atoms with Crippen LogP contribution >= 0.6 is 0 Å². The summed E-state index contributed by atoms with van der Waals surface area (Å²) in [4.78, 5) is 23.4. The van der Waals surface area contributed by atoms with Crippen LogP contribution in [0.1, 0.15) is 29.4 Å². The zero-order valence-electron chi connectivity index (χ0n) is 12.8. The molecular weight excluding hydrogens is 280 g/mol. The quantitative estimate of drug-likeness (QED) is 0.764. The fraction of sp³-hybridized carbons (Fsp3) is 0.333. The molecule has 7 nitrogen and oxygen atoms in total. The fourth-order valence-electron chi connectivity index (χ4n) is 2.45. The number of aromatic nitrogens is 5. The van der Waals surface area contributed by atoms with E-state index in [2.05, 4.69) is 25.4 Å². The number of anilines is 1. The Labute approximate surface area is 127 Å². The van der Waals surface area contributed by atoms with E-state index in [4.69, 9.17) is 0 Å². The van der Waals surface area contributed by atoms with Crippen molar-refractivity contribution in [2.24, 2.45) is 0 Å². The summed E-state index contributed by atoms with van der Waals surface area (Å²) < 4.78 is 1.64. The normalized spacial score (nSPS) is 11.0. The first kappa shape index (κ1) is 14.2. The van der Waals surface area contributed by atoms with E-state index in [9.17, 15) is 4.79 Å². The Hall–Kier alpha value is -2.70. The lowest BCUT2D eigenvalue weighted by molar-refractivity contribution is 0.895. The van der Waals surface area contributed by atoms with Crippen LogP contribution in [0.15, 0.2) is 23.3 Å². The van der Waals surface area contributed by atoms with Gasteiger partial charge in [0.05, 0.1) is 0 Å². The Morgan fingerprint density at radius 2 is 2.14 bits per heavy atom. The van der Waals surface area contributed by atoms with Crippen LogP contribution in [0.2, 0.25) is 0 Å². The molecule has 0 spiro atoms. The van der Waals surface area contributed by atoms with Gasteiger partial charge in [-0.3, -0.25) is 4.79 Å². The number of pyridine rings is 1. The molecule has 114 valence electrons. The maximum Gasteiger partial charge on any atom is 0.254 e. The second kappa shape index (κ2) is 5.59. The van der Waals surface area contributed by atoms with Gasteiger partial charge in [0.2, 0.25) is 0 Å². The number of aryl methyl sites for hydroxylation is 3. The predicted octanol–water partition coefficient (Wildman–Crippen LogP) is 1.60. The molecule has 0 aliphatic heterocycles. The summed E-state index contributed by atoms with van der Waals surface area (Å²) in [5, 5.41) is 7.43. The van der Waals surface area contributed by atoms with Crippen LogP contribution in [0, 0.1) is 13.8 Å². The lowest BCUT2D eigenvalue weighted by Crippen LogP contribution is -2.19. The molecule has 0 aliphatic rings. The van der Waals surface area contributed by atoms with Gasteiger partial charge in [-0.05, 0) is 31.9 Å². The molecule has 7 heteroatoms. The Kier molecular flexibility index (Phi) is 3.62. The van der Waals surface area contributed by atoms with Gasteiger partial charge in [0.15, 0.2) is 0 Å². The summed E-state index contributed by atoms with van der Waals surface area (Å²) in [6.07, 6.45) is 2.28. The number of H-pyrrole nitrogens is 1. The van der Waals surface area contributed by atoms with Crippen LogP contribution in [0.25, 0.3) is 5.78 Å². The van der Waals surface area contributed by atoms with Crippen LogP contribution in [-0.2, 0) is 13.0 Å². The highest BCUT2D eigenvalue weighted by molar-refractivity contribution is 5.45. The molecule has 3 heterocycles. The molecule has 3 aromatic rings. The van der Waals surface area contributed by atoms with Crippen molar-refractivity contribution in [1.29, 1.82) is 0 Å². The van der Waals surface area contributed by atoms with Crippen molar-refractivity contribution in [2.45, 2.75) is 33.7 Å². The third-order valence-electron chi connectivity index (χ3n) is 3.61. The smallest absolute Gasteiger partial charge is 0.254 e. The molecule has 0 aliphatic carbocycles. The SMILES string of the molecule is CCc1cc(NCc2c(C)cc(C)[nH]c2=O)n2ncnc2n1. The molecule has 0 radical (unpaired) electrons. The molecular formula is C15H18N6O. The van der Waals surface area contributed by atoms with Gasteiger partial charge in [-0.2, -0.15) is 14.6 Å². The van der Waals surface area contributed by atoms with Gasteiger partial charge in [0.25, 0.3) is 11.3 Å². The van der Waals surface area contributed by atoms with E-state index in [1.807, 2.05) is 32.9 Å². The zero-order valence-corrected chi connectivity index (χ0v) is 12.8. The number of nitrogens with one attached hydrogen (secondary N) is 2. The minimum atomic E-state index is -0.0652. The van der Waals surface area contributed by atoms with Crippen LogP contribution in [0.4, 0.5) is 5.82 Å². The van der Waals surface area contributed by atoms with E-state index in [1.165, 1.54) is 6.33 Å². The van der Waals surface area contributed by atoms with Gasteiger partial charge in [-0.25, -0.2) is 4.98 Å². The Bertz CT molecular complexity index is 879. The van der Waals surface area contributed by atoms with E-state index in [-0.39, 0.29) is 5.56 Å². The summed E-state index contributed by atoms with van der Waals surface area (Å²) in [6.45, 7) is 6.27. The van der Waals surface area contributed by atoms with Gasteiger partial charge in [0, 0.05) is 29.6 Å². The largest absolute Gasteiger partial charge is 0.366 e. The maximum atomic E-state index is 12.1. The van der Waals surface area contributed by atoms with Crippen molar-refractivity contribution in [3.8, 4) is 0 Å². The van der Waals surface area contributed by atoms with E-state index >= 15 is 0 Å². The third kappa shape index (κ3) is 2.57. The van der Waals surface area contributed by atoms with Crippen molar-refractivity contribution >= 4 is 11.6 Å². The fourth-order valence-corrected chi connectivity index (χ4v) is 2.45. The molecule has 0 bridgehead atoms. The van der Waals surface area contributed by atoms with E-state index in [0.717, 1.165) is 29.2 Å². The average Bonchev–Trinajstić information content (AvgIpc) is 2.94. The molecule has 0 fully saturated rings. The van der Waals surface area contributed by atoms with Crippen molar-refractivity contribution in [1.82, 2.24) is 24.6 Å². The van der Waals surface area contributed by atoms with Crippen LogP contribution in [0.3, 0.4) is 0 Å². The average molecular weight is 298 g/mol. The predicted molar refractivity (Wildman–Crippen MR) is 84.0 cm³/mol. The first-order valence-electron chi connectivity index (χ1n) is 7.21. The highest BCUT2D eigenvalue weighted by atomic mass is 16.1. The second-order valence-corrected chi connectivity index (χ2v) is 5.25. The topological polar surface area (TPSA) is 88.0 Å². The minimum Gasteiger partial charge on any atom is -0.366 e. The lowest BCUT2D eigenvalue weighted by Gasteiger charge is -2.11. The summed E-state index contributed by atoms with van der Waals surface area (Å²) in [7, 11) is 0. The van der Waals surface area contributed by atoms with Crippen molar-refractivity contribution < 1.29 is 0 Å². The number of hydrogen-bond donors (Lipinski definition) is 2. The summed E-state index contributed by atoms with van der Waals surface area (Å²) in [5.41, 5.74) is 3.41. The molecule has 0 aromatic carbocycles. The highest BCUT2D eigenvalue weighted by Crippen LogP contribution is 2.13. The number of rotatable bonds is 4. The number of nitrogens with zero attached hydrogens (tertiary/aromatic N) is 4. The summed E-state index contributed by atoms with van der Waals surface area (Å²) in [6, 6.07) is 3.90. The Morgan fingerprint density at radius 3 is 2.86 bits per heavy atom. The standard InChI is InChI=1S/C15H18N6O/c1-4-11-6-13(21-15(20-11)17-8-18-21)16-7-12-9(2)5-10(3)19-14(12)22/h5-6,8,16H,4,7H2,1-3H3,(H,19,22). The molecule has 3 aromatic heterocycles. The molecule has 0 saturated carbocycles. The third-order valence-corrected chi connectivity index (χ3v) is 3.61. The monoisotopic (exact) mass is 298 g/mol. The first-order chi connectivity index (χ1) is 10.6. The van der Waals surface area contributed by atoms with Gasteiger partial charge >= 0.3 is 0 Å². The lowest BCUT2D eigenvalue weighted by atomic mass is 10.1. The molecule has 0 unspecified atom stereocenters. The van der Waals surface area contributed by atoms with Crippen LogP contribution in [0.5, 0.6) is 0 Å². The number of fused-ring (bicyclic) bond motifs is 1. The number of hydrogen-bond acceptors (Lipinski definition) is 5. The maximum absolute atomic E-state index is 12.1. The Morgan fingerprint density at radius 1 is 1.32 bits per heavy atom. The molecule has 2 N–H and O–H groups in total. The van der Waals surface area contributed by atoms with Crippen LogP contribution in [-0.4, -0.2) is 24.6 Å². The second-order valence-electron chi connectivity index (χ2n) is 5.25. The van der Waals surface area contributed by atoms with E-state index in [1.54, 1.807) is 4.52 Å². The zero-order chi connectivity index (χ0) is 15.7. The van der Waals surface area contributed by atoms with E-state index in [0.29, 0.717) is 17.9 Å². The first-order valence-corrected chi connectivity index (χ1v) is 7.21. The molecule has 0 atom stereocenters. The van der Waals surface area contributed by atoms with Gasteiger partial charge in [-0.15, -0.1) is 0 Å². The van der Waals surface area contributed by atoms with Gasteiger partial charge in [0.1, 0.15) is 12.1 Å². The molecule has 0 saturated heterocycles. The minimum absolute atomic E-state index is 0.0652. The molecule has 3 rings (SSSR count). The van der Waals surface area contributed by atoms with Crippen molar-refractivity contribution in [3.05, 3.63) is 51.3 Å². The summed E-state index contributed by atoms with van der Waals surface area (Å²) >= 11 is 0. The van der Waals surface area contributed by atoms with E-state index < -0.39 is 0 Å². The van der Waals surface area contributed by atoms with Gasteiger partial charge < -0.3 is 10.3 Å². The Balaban J connectivity index is 1.94.